The predicted molar refractivity (Wildman–Crippen MR) is 88.6 cm³/mol. The average Bonchev–Trinajstić information content (AvgIpc) is 2.62. The number of amides is 2. The van der Waals surface area contributed by atoms with Gasteiger partial charge in [0.05, 0.1) is 6.61 Å². The number of urea groups is 1. The van der Waals surface area contributed by atoms with Crippen molar-refractivity contribution in [2.75, 3.05) is 32.9 Å². The summed E-state index contributed by atoms with van der Waals surface area (Å²) < 4.78 is 11.2. The second kappa shape index (κ2) is 8.20. The van der Waals surface area contributed by atoms with Crippen molar-refractivity contribution in [3.05, 3.63) is 30.3 Å². The SMILES string of the molecule is O=C(NC1CCOCC1)N1CCC(COc2ccccc2)CC1. The summed E-state index contributed by atoms with van der Waals surface area (Å²) in [5.41, 5.74) is 0. The Bertz CT molecular complexity index is 480. The zero-order valence-corrected chi connectivity index (χ0v) is 13.6. The Morgan fingerprint density at radius 2 is 1.83 bits per heavy atom. The van der Waals surface area contributed by atoms with Crippen molar-refractivity contribution in [1.29, 1.82) is 0 Å². The molecule has 2 fully saturated rings. The molecule has 3 rings (SSSR count). The van der Waals surface area contributed by atoms with E-state index >= 15 is 0 Å². The van der Waals surface area contributed by atoms with Gasteiger partial charge in [-0.25, -0.2) is 4.79 Å². The van der Waals surface area contributed by atoms with Gasteiger partial charge in [0.1, 0.15) is 5.75 Å². The Morgan fingerprint density at radius 1 is 1.13 bits per heavy atom. The molecule has 0 radical (unpaired) electrons. The van der Waals surface area contributed by atoms with E-state index in [4.69, 9.17) is 9.47 Å². The highest BCUT2D eigenvalue weighted by Crippen LogP contribution is 2.19. The van der Waals surface area contributed by atoms with Crippen molar-refractivity contribution in [3.8, 4) is 5.75 Å². The lowest BCUT2D eigenvalue weighted by Crippen LogP contribution is -2.49. The number of ether oxygens (including phenoxy) is 2. The van der Waals surface area contributed by atoms with Crippen LogP contribution in [0.5, 0.6) is 5.75 Å². The van der Waals surface area contributed by atoms with Crippen molar-refractivity contribution in [1.82, 2.24) is 10.2 Å². The van der Waals surface area contributed by atoms with Gasteiger partial charge in [-0.1, -0.05) is 18.2 Å². The second-order valence-electron chi connectivity index (χ2n) is 6.39. The van der Waals surface area contributed by atoms with E-state index in [1.165, 1.54) is 0 Å². The van der Waals surface area contributed by atoms with Crippen molar-refractivity contribution in [2.45, 2.75) is 31.7 Å². The molecule has 23 heavy (non-hydrogen) atoms. The largest absolute Gasteiger partial charge is 0.493 e. The number of hydrogen-bond donors (Lipinski definition) is 1. The maximum absolute atomic E-state index is 12.3. The van der Waals surface area contributed by atoms with Gasteiger partial charge in [0.25, 0.3) is 0 Å². The van der Waals surface area contributed by atoms with Crippen molar-refractivity contribution in [2.24, 2.45) is 5.92 Å². The van der Waals surface area contributed by atoms with Gasteiger partial charge in [0.2, 0.25) is 0 Å². The highest BCUT2D eigenvalue weighted by atomic mass is 16.5. The van der Waals surface area contributed by atoms with Gasteiger partial charge in [-0.15, -0.1) is 0 Å². The van der Waals surface area contributed by atoms with Crippen LogP contribution in [0, 0.1) is 5.92 Å². The standard InChI is InChI=1S/C18H26N2O3/c21-18(19-16-8-12-22-13-9-16)20-10-6-15(7-11-20)14-23-17-4-2-1-3-5-17/h1-5,15-16H,6-14H2,(H,19,21). The Morgan fingerprint density at radius 3 is 2.52 bits per heavy atom. The summed E-state index contributed by atoms with van der Waals surface area (Å²) >= 11 is 0. The van der Waals surface area contributed by atoms with E-state index in [1.54, 1.807) is 0 Å². The number of piperidine rings is 1. The van der Waals surface area contributed by atoms with Crippen LogP contribution >= 0.6 is 0 Å². The number of para-hydroxylation sites is 1. The molecule has 5 nitrogen and oxygen atoms in total. The summed E-state index contributed by atoms with van der Waals surface area (Å²) in [6.07, 6.45) is 3.86. The van der Waals surface area contributed by atoms with Gasteiger partial charge >= 0.3 is 6.03 Å². The minimum absolute atomic E-state index is 0.0827. The van der Waals surface area contributed by atoms with Gasteiger partial charge < -0.3 is 19.7 Å². The molecular weight excluding hydrogens is 292 g/mol. The van der Waals surface area contributed by atoms with Gasteiger partial charge in [0.15, 0.2) is 0 Å². The Kier molecular flexibility index (Phi) is 5.75. The normalized spacial score (nSPS) is 20.3. The van der Waals surface area contributed by atoms with E-state index in [0.29, 0.717) is 5.92 Å². The summed E-state index contributed by atoms with van der Waals surface area (Å²) in [7, 11) is 0. The first-order valence-electron chi connectivity index (χ1n) is 8.62. The fourth-order valence-corrected chi connectivity index (χ4v) is 3.14. The third-order valence-corrected chi connectivity index (χ3v) is 4.68. The van der Waals surface area contributed by atoms with Crippen LogP contribution in [-0.2, 0) is 4.74 Å². The minimum Gasteiger partial charge on any atom is -0.493 e. The first-order valence-corrected chi connectivity index (χ1v) is 8.62. The molecule has 2 amide bonds. The molecule has 1 aromatic carbocycles. The molecule has 0 atom stereocenters. The predicted octanol–water partition coefficient (Wildman–Crippen LogP) is 2.67. The Labute approximate surface area is 137 Å². The zero-order valence-electron chi connectivity index (χ0n) is 13.6. The first-order chi connectivity index (χ1) is 11.3. The number of rotatable bonds is 4. The molecule has 0 aliphatic carbocycles. The third kappa shape index (κ3) is 4.86. The topological polar surface area (TPSA) is 50.8 Å². The quantitative estimate of drug-likeness (QED) is 0.928. The first kappa shape index (κ1) is 16.1. The lowest BCUT2D eigenvalue weighted by Gasteiger charge is -2.33. The Hall–Kier alpha value is -1.75. The van der Waals surface area contributed by atoms with Crippen molar-refractivity contribution < 1.29 is 14.3 Å². The fourth-order valence-electron chi connectivity index (χ4n) is 3.14. The van der Waals surface area contributed by atoms with Crippen LogP contribution in [0.25, 0.3) is 0 Å². The summed E-state index contributed by atoms with van der Waals surface area (Å²) in [5, 5.41) is 3.14. The lowest BCUT2D eigenvalue weighted by molar-refractivity contribution is 0.0765. The highest BCUT2D eigenvalue weighted by molar-refractivity contribution is 5.74. The third-order valence-electron chi connectivity index (χ3n) is 4.68. The van der Waals surface area contributed by atoms with Crippen LogP contribution in [0.3, 0.4) is 0 Å². The molecule has 2 heterocycles. The Balaban J connectivity index is 1.37. The molecule has 2 aliphatic heterocycles. The molecule has 0 bridgehead atoms. The van der Waals surface area contributed by atoms with E-state index in [2.05, 4.69) is 5.32 Å². The molecule has 2 aliphatic rings. The molecular formula is C18H26N2O3. The highest BCUT2D eigenvalue weighted by Gasteiger charge is 2.25. The number of benzene rings is 1. The van der Waals surface area contributed by atoms with Crippen LogP contribution in [-0.4, -0.2) is 49.9 Å². The second-order valence-corrected chi connectivity index (χ2v) is 6.39. The zero-order chi connectivity index (χ0) is 15.9. The molecule has 0 saturated carbocycles. The number of likely N-dealkylation sites (tertiary alicyclic amines) is 1. The average molecular weight is 318 g/mol. The molecule has 2 saturated heterocycles. The number of nitrogens with one attached hydrogen (secondary N) is 1. The summed E-state index contributed by atoms with van der Waals surface area (Å²) in [6.45, 7) is 3.88. The van der Waals surface area contributed by atoms with Crippen LogP contribution in [0.2, 0.25) is 0 Å². The van der Waals surface area contributed by atoms with Crippen molar-refractivity contribution >= 4 is 6.03 Å². The van der Waals surface area contributed by atoms with Crippen LogP contribution < -0.4 is 10.1 Å². The van der Waals surface area contributed by atoms with E-state index < -0.39 is 0 Å². The molecule has 0 spiro atoms. The number of hydrogen-bond acceptors (Lipinski definition) is 3. The van der Waals surface area contributed by atoms with Crippen LogP contribution in [0.15, 0.2) is 30.3 Å². The fraction of sp³-hybridized carbons (Fsp3) is 0.611. The summed E-state index contributed by atoms with van der Waals surface area (Å²) in [5.74, 6) is 1.45. The van der Waals surface area contributed by atoms with Crippen molar-refractivity contribution in [3.63, 3.8) is 0 Å². The number of carbonyl (C=O) groups is 1. The van der Waals surface area contributed by atoms with Gasteiger partial charge in [-0.2, -0.15) is 0 Å². The van der Waals surface area contributed by atoms with E-state index in [-0.39, 0.29) is 12.1 Å². The van der Waals surface area contributed by atoms with E-state index in [1.807, 2.05) is 35.2 Å². The van der Waals surface area contributed by atoms with Gasteiger partial charge in [-0.05, 0) is 43.7 Å². The molecule has 0 aromatic heterocycles. The number of nitrogens with zero attached hydrogens (tertiary/aromatic N) is 1. The molecule has 5 heteroatoms. The molecule has 126 valence electrons. The molecule has 0 unspecified atom stereocenters. The van der Waals surface area contributed by atoms with Gasteiger partial charge in [0, 0.05) is 32.3 Å². The number of carbonyl (C=O) groups excluding carboxylic acids is 1. The van der Waals surface area contributed by atoms with Crippen LogP contribution in [0.4, 0.5) is 4.79 Å². The molecule has 1 N–H and O–H groups in total. The molecule has 1 aromatic rings. The summed E-state index contributed by atoms with van der Waals surface area (Å²) in [4.78, 5) is 14.2. The maximum atomic E-state index is 12.3. The minimum atomic E-state index is 0.0827. The monoisotopic (exact) mass is 318 g/mol. The van der Waals surface area contributed by atoms with E-state index in [9.17, 15) is 4.79 Å². The van der Waals surface area contributed by atoms with Crippen LogP contribution in [0.1, 0.15) is 25.7 Å². The van der Waals surface area contributed by atoms with E-state index in [0.717, 1.165) is 64.3 Å². The lowest BCUT2D eigenvalue weighted by atomic mass is 9.98. The smallest absolute Gasteiger partial charge is 0.317 e. The van der Waals surface area contributed by atoms with Gasteiger partial charge in [-0.3, -0.25) is 0 Å². The maximum Gasteiger partial charge on any atom is 0.317 e. The summed E-state index contributed by atoms with van der Waals surface area (Å²) in [6, 6.07) is 10.3.